The van der Waals surface area contributed by atoms with Gasteiger partial charge >= 0.3 is 0 Å². The van der Waals surface area contributed by atoms with Crippen molar-refractivity contribution in [2.24, 2.45) is 0 Å². The first-order chi connectivity index (χ1) is 6.09. The Morgan fingerprint density at radius 3 is 2.85 bits per heavy atom. The van der Waals surface area contributed by atoms with E-state index in [2.05, 4.69) is 11.9 Å². The molecule has 2 nitrogen and oxygen atoms in total. The Kier molecular flexibility index (Phi) is 3.20. The van der Waals surface area contributed by atoms with Gasteiger partial charge in [-0.3, -0.25) is 0 Å². The van der Waals surface area contributed by atoms with E-state index in [1.807, 2.05) is 19.1 Å². The van der Waals surface area contributed by atoms with Crippen molar-refractivity contribution in [3.05, 3.63) is 35.4 Å². The van der Waals surface area contributed by atoms with Crippen molar-refractivity contribution in [3.63, 3.8) is 0 Å². The summed E-state index contributed by atoms with van der Waals surface area (Å²) in [6.45, 7) is 6.47. The SMILES string of the molecule is C=C(C)CNc1ccc(N)cc1Cl. The van der Waals surface area contributed by atoms with E-state index in [0.717, 1.165) is 17.8 Å². The fraction of sp³-hybridized carbons (Fsp3) is 0.200. The number of rotatable bonds is 3. The summed E-state index contributed by atoms with van der Waals surface area (Å²) >= 11 is 5.94. The maximum absolute atomic E-state index is 5.94. The Labute approximate surface area is 83.4 Å². The molecule has 0 spiro atoms. The third-order valence-electron chi connectivity index (χ3n) is 1.57. The standard InChI is InChI=1S/C10H13ClN2/c1-7(2)6-13-10-4-3-8(12)5-9(10)11/h3-5,13H,1,6,12H2,2H3. The highest BCUT2D eigenvalue weighted by Crippen LogP contribution is 2.23. The van der Waals surface area contributed by atoms with Crippen molar-refractivity contribution < 1.29 is 0 Å². The van der Waals surface area contributed by atoms with Gasteiger partial charge in [-0.05, 0) is 25.1 Å². The Hall–Kier alpha value is -1.15. The molecule has 0 fully saturated rings. The van der Waals surface area contributed by atoms with Gasteiger partial charge in [0.1, 0.15) is 0 Å². The first-order valence-electron chi connectivity index (χ1n) is 4.03. The molecule has 0 aliphatic carbocycles. The summed E-state index contributed by atoms with van der Waals surface area (Å²) in [5.74, 6) is 0. The zero-order valence-electron chi connectivity index (χ0n) is 7.60. The molecule has 13 heavy (non-hydrogen) atoms. The van der Waals surface area contributed by atoms with Crippen LogP contribution in [-0.4, -0.2) is 6.54 Å². The quantitative estimate of drug-likeness (QED) is 0.576. The average Bonchev–Trinajstić information content (AvgIpc) is 2.02. The maximum Gasteiger partial charge on any atom is 0.0658 e. The summed E-state index contributed by atoms with van der Waals surface area (Å²) in [5, 5.41) is 3.79. The molecule has 1 aromatic carbocycles. The third kappa shape index (κ3) is 2.99. The Morgan fingerprint density at radius 2 is 2.31 bits per heavy atom. The number of halogens is 1. The minimum atomic E-state index is 0.640. The lowest BCUT2D eigenvalue weighted by Crippen LogP contribution is -2.02. The summed E-state index contributed by atoms with van der Waals surface area (Å²) < 4.78 is 0. The second-order valence-corrected chi connectivity index (χ2v) is 3.46. The van der Waals surface area contributed by atoms with E-state index in [-0.39, 0.29) is 0 Å². The van der Waals surface area contributed by atoms with Crippen molar-refractivity contribution in [3.8, 4) is 0 Å². The summed E-state index contributed by atoms with van der Waals surface area (Å²) in [4.78, 5) is 0. The molecule has 3 N–H and O–H groups in total. The number of hydrogen-bond acceptors (Lipinski definition) is 2. The van der Waals surface area contributed by atoms with Gasteiger partial charge in [0.25, 0.3) is 0 Å². The second-order valence-electron chi connectivity index (χ2n) is 3.05. The molecular weight excluding hydrogens is 184 g/mol. The predicted octanol–water partition coefficient (Wildman–Crippen LogP) is 2.91. The maximum atomic E-state index is 5.94. The van der Waals surface area contributed by atoms with Crippen LogP contribution in [0, 0.1) is 0 Å². The van der Waals surface area contributed by atoms with Gasteiger partial charge in [0.2, 0.25) is 0 Å². The smallest absolute Gasteiger partial charge is 0.0658 e. The number of nitrogens with one attached hydrogen (secondary N) is 1. The largest absolute Gasteiger partial charge is 0.399 e. The number of anilines is 2. The molecule has 3 heteroatoms. The van der Waals surface area contributed by atoms with Crippen LogP contribution >= 0.6 is 11.6 Å². The molecule has 0 aliphatic heterocycles. The fourth-order valence-corrected chi connectivity index (χ4v) is 1.18. The van der Waals surface area contributed by atoms with Crippen molar-refractivity contribution in [2.45, 2.75) is 6.92 Å². The summed E-state index contributed by atoms with van der Waals surface area (Å²) in [5.41, 5.74) is 8.18. The van der Waals surface area contributed by atoms with E-state index in [4.69, 9.17) is 17.3 Å². The van der Waals surface area contributed by atoms with Crippen LogP contribution in [0.1, 0.15) is 6.92 Å². The van der Waals surface area contributed by atoms with Crippen LogP contribution in [0.2, 0.25) is 5.02 Å². The van der Waals surface area contributed by atoms with E-state index < -0.39 is 0 Å². The van der Waals surface area contributed by atoms with Crippen LogP contribution < -0.4 is 11.1 Å². The van der Waals surface area contributed by atoms with Crippen LogP contribution in [0.15, 0.2) is 30.4 Å². The van der Waals surface area contributed by atoms with Gasteiger partial charge in [-0.25, -0.2) is 0 Å². The monoisotopic (exact) mass is 196 g/mol. The molecule has 0 atom stereocenters. The van der Waals surface area contributed by atoms with Gasteiger partial charge in [0.15, 0.2) is 0 Å². The first kappa shape index (κ1) is 9.93. The van der Waals surface area contributed by atoms with Gasteiger partial charge < -0.3 is 11.1 Å². The fourth-order valence-electron chi connectivity index (χ4n) is 0.921. The molecule has 0 saturated carbocycles. The molecule has 0 heterocycles. The van der Waals surface area contributed by atoms with Gasteiger partial charge in [-0.2, -0.15) is 0 Å². The van der Waals surface area contributed by atoms with E-state index in [1.54, 1.807) is 6.07 Å². The van der Waals surface area contributed by atoms with E-state index in [0.29, 0.717) is 10.7 Å². The summed E-state index contributed by atoms with van der Waals surface area (Å²) in [6, 6.07) is 5.40. The Bertz CT molecular complexity index is 321. The van der Waals surface area contributed by atoms with Gasteiger partial charge in [0.05, 0.1) is 10.7 Å². The Morgan fingerprint density at radius 1 is 1.62 bits per heavy atom. The zero-order valence-corrected chi connectivity index (χ0v) is 8.36. The first-order valence-corrected chi connectivity index (χ1v) is 4.40. The van der Waals surface area contributed by atoms with E-state index in [9.17, 15) is 0 Å². The van der Waals surface area contributed by atoms with E-state index >= 15 is 0 Å². The molecule has 1 rings (SSSR count). The van der Waals surface area contributed by atoms with Crippen LogP contribution in [-0.2, 0) is 0 Å². The lowest BCUT2D eigenvalue weighted by Gasteiger charge is -2.08. The normalized spacial score (nSPS) is 9.69. The zero-order chi connectivity index (χ0) is 9.84. The third-order valence-corrected chi connectivity index (χ3v) is 1.89. The minimum absolute atomic E-state index is 0.640. The van der Waals surface area contributed by atoms with Crippen LogP contribution in [0.25, 0.3) is 0 Å². The minimum Gasteiger partial charge on any atom is -0.399 e. The van der Waals surface area contributed by atoms with Gasteiger partial charge in [0, 0.05) is 12.2 Å². The van der Waals surface area contributed by atoms with Gasteiger partial charge in [-0.15, -0.1) is 0 Å². The molecule has 0 unspecified atom stereocenters. The predicted molar refractivity (Wildman–Crippen MR) is 59.2 cm³/mol. The number of nitrogen functional groups attached to an aromatic ring is 1. The van der Waals surface area contributed by atoms with Crippen LogP contribution in [0.5, 0.6) is 0 Å². The average molecular weight is 197 g/mol. The van der Waals surface area contributed by atoms with Crippen LogP contribution in [0.3, 0.4) is 0 Å². The summed E-state index contributed by atoms with van der Waals surface area (Å²) in [7, 11) is 0. The molecule has 1 aromatic rings. The second kappa shape index (κ2) is 4.19. The molecular formula is C10H13ClN2. The number of hydrogen-bond donors (Lipinski definition) is 2. The number of benzene rings is 1. The van der Waals surface area contributed by atoms with Gasteiger partial charge in [-0.1, -0.05) is 23.8 Å². The molecule has 70 valence electrons. The highest BCUT2D eigenvalue weighted by atomic mass is 35.5. The highest BCUT2D eigenvalue weighted by Gasteiger charge is 1.98. The number of nitrogens with two attached hydrogens (primary N) is 1. The van der Waals surface area contributed by atoms with Crippen molar-refractivity contribution in [2.75, 3.05) is 17.6 Å². The Balaban J connectivity index is 2.72. The van der Waals surface area contributed by atoms with Crippen molar-refractivity contribution >= 4 is 23.0 Å². The summed E-state index contributed by atoms with van der Waals surface area (Å²) in [6.07, 6.45) is 0. The van der Waals surface area contributed by atoms with Crippen molar-refractivity contribution in [1.29, 1.82) is 0 Å². The highest BCUT2D eigenvalue weighted by molar-refractivity contribution is 6.33. The van der Waals surface area contributed by atoms with E-state index in [1.165, 1.54) is 0 Å². The molecule has 0 amide bonds. The lowest BCUT2D eigenvalue weighted by atomic mass is 10.2. The molecule has 0 saturated heterocycles. The molecule has 0 radical (unpaired) electrons. The molecule has 0 aliphatic rings. The molecule has 0 bridgehead atoms. The van der Waals surface area contributed by atoms with Crippen molar-refractivity contribution in [1.82, 2.24) is 0 Å². The lowest BCUT2D eigenvalue weighted by molar-refractivity contribution is 1.22. The molecule has 0 aromatic heterocycles. The van der Waals surface area contributed by atoms with Crippen LogP contribution in [0.4, 0.5) is 11.4 Å². The topological polar surface area (TPSA) is 38.0 Å².